The van der Waals surface area contributed by atoms with Crippen LogP contribution in [-0.4, -0.2) is 15.7 Å². The largest absolute Gasteiger partial charge is 0.365 e. The van der Waals surface area contributed by atoms with Crippen molar-refractivity contribution in [2.24, 2.45) is 5.73 Å². The van der Waals surface area contributed by atoms with Gasteiger partial charge in [0.15, 0.2) is 0 Å². The van der Waals surface area contributed by atoms with Gasteiger partial charge in [-0.3, -0.25) is 9.48 Å². The number of aryl methyl sites for hydroxylation is 2. The fourth-order valence-electron chi connectivity index (χ4n) is 1.09. The normalized spacial score (nSPS) is 10.2. The fourth-order valence-corrected chi connectivity index (χ4v) is 1.09. The minimum Gasteiger partial charge on any atom is -0.365 e. The van der Waals surface area contributed by atoms with Crippen molar-refractivity contribution in [2.75, 3.05) is 0 Å². The lowest BCUT2D eigenvalue weighted by molar-refractivity contribution is 0.0999. The van der Waals surface area contributed by atoms with Crippen LogP contribution in [0.15, 0.2) is 6.20 Å². The summed E-state index contributed by atoms with van der Waals surface area (Å²) in [6.07, 6.45) is 2.44. The van der Waals surface area contributed by atoms with E-state index in [0.717, 1.165) is 18.7 Å². The zero-order valence-corrected chi connectivity index (χ0v) is 7.37. The lowest BCUT2D eigenvalue weighted by atomic mass is 10.2. The Kier molecular flexibility index (Phi) is 2.47. The highest BCUT2D eigenvalue weighted by Gasteiger charge is 2.10. The van der Waals surface area contributed by atoms with Crippen molar-refractivity contribution in [3.05, 3.63) is 17.5 Å². The molecule has 0 aliphatic heterocycles. The molecule has 12 heavy (non-hydrogen) atoms. The SMILES string of the molecule is CCc1nn(CC)cc1C(N)=O. The smallest absolute Gasteiger partial charge is 0.252 e. The summed E-state index contributed by atoms with van der Waals surface area (Å²) < 4.78 is 1.72. The van der Waals surface area contributed by atoms with E-state index >= 15 is 0 Å². The molecule has 0 saturated carbocycles. The summed E-state index contributed by atoms with van der Waals surface area (Å²) in [6.45, 7) is 4.69. The zero-order chi connectivity index (χ0) is 9.14. The molecular formula is C8H13N3O. The molecule has 1 rings (SSSR count). The minimum atomic E-state index is -0.397. The van der Waals surface area contributed by atoms with Gasteiger partial charge in [0.2, 0.25) is 0 Å². The Balaban J connectivity index is 3.08. The van der Waals surface area contributed by atoms with Gasteiger partial charge in [-0.1, -0.05) is 6.92 Å². The molecule has 0 fully saturated rings. The number of aromatic nitrogens is 2. The van der Waals surface area contributed by atoms with Gasteiger partial charge < -0.3 is 5.73 Å². The third-order valence-electron chi connectivity index (χ3n) is 1.76. The van der Waals surface area contributed by atoms with E-state index in [4.69, 9.17) is 5.73 Å². The second-order valence-corrected chi connectivity index (χ2v) is 2.56. The molecule has 1 aromatic rings. The standard InChI is InChI=1S/C8H13N3O/c1-3-7-6(8(9)12)5-11(4-2)10-7/h5H,3-4H2,1-2H3,(H2,9,12). The Morgan fingerprint density at radius 2 is 2.33 bits per heavy atom. The van der Waals surface area contributed by atoms with Crippen LogP contribution in [-0.2, 0) is 13.0 Å². The predicted molar refractivity (Wildman–Crippen MR) is 45.8 cm³/mol. The molecule has 0 bridgehead atoms. The Morgan fingerprint density at radius 3 is 2.67 bits per heavy atom. The molecule has 1 aromatic heterocycles. The van der Waals surface area contributed by atoms with E-state index in [1.807, 2.05) is 13.8 Å². The van der Waals surface area contributed by atoms with E-state index in [-0.39, 0.29) is 0 Å². The van der Waals surface area contributed by atoms with Gasteiger partial charge in [-0.05, 0) is 13.3 Å². The van der Waals surface area contributed by atoms with Crippen molar-refractivity contribution in [2.45, 2.75) is 26.8 Å². The van der Waals surface area contributed by atoms with Gasteiger partial charge >= 0.3 is 0 Å². The van der Waals surface area contributed by atoms with Gasteiger partial charge in [-0.15, -0.1) is 0 Å². The molecule has 66 valence electrons. The number of hydrogen-bond donors (Lipinski definition) is 1. The molecule has 0 spiro atoms. The van der Waals surface area contributed by atoms with Gasteiger partial charge in [0.05, 0.1) is 11.3 Å². The van der Waals surface area contributed by atoms with Gasteiger partial charge in [-0.25, -0.2) is 0 Å². The molecule has 4 heteroatoms. The molecule has 4 nitrogen and oxygen atoms in total. The van der Waals surface area contributed by atoms with Crippen molar-refractivity contribution < 1.29 is 4.79 Å². The fraction of sp³-hybridized carbons (Fsp3) is 0.500. The molecule has 0 aliphatic rings. The Labute approximate surface area is 71.4 Å². The number of nitrogens with zero attached hydrogens (tertiary/aromatic N) is 2. The first kappa shape index (κ1) is 8.77. The van der Waals surface area contributed by atoms with Crippen LogP contribution >= 0.6 is 0 Å². The van der Waals surface area contributed by atoms with Crippen LogP contribution in [0.1, 0.15) is 29.9 Å². The zero-order valence-electron chi connectivity index (χ0n) is 7.37. The first-order chi connectivity index (χ1) is 5.69. The van der Waals surface area contributed by atoms with Crippen LogP contribution in [0.2, 0.25) is 0 Å². The van der Waals surface area contributed by atoms with E-state index in [1.54, 1.807) is 10.9 Å². The third kappa shape index (κ3) is 1.47. The number of amides is 1. The van der Waals surface area contributed by atoms with Gasteiger partial charge in [0.25, 0.3) is 5.91 Å². The topological polar surface area (TPSA) is 60.9 Å². The molecule has 0 aromatic carbocycles. The summed E-state index contributed by atoms with van der Waals surface area (Å²) in [5, 5.41) is 4.18. The Hall–Kier alpha value is -1.32. The highest BCUT2D eigenvalue weighted by molar-refractivity contribution is 5.93. The lowest BCUT2D eigenvalue weighted by Crippen LogP contribution is -2.12. The maximum Gasteiger partial charge on any atom is 0.252 e. The molecule has 0 atom stereocenters. The second-order valence-electron chi connectivity index (χ2n) is 2.56. The number of carbonyl (C=O) groups is 1. The third-order valence-corrected chi connectivity index (χ3v) is 1.76. The highest BCUT2D eigenvalue weighted by atomic mass is 16.1. The molecule has 0 radical (unpaired) electrons. The average Bonchev–Trinajstić information content (AvgIpc) is 2.47. The summed E-state index contributed by atoms with van der Waals surface area (Å²) in [6, 6.07) is 0. The van der Waals surface area contributed by atoms with Crippen LogP contribution in [0.3, 0.4) is 0 Å². The first-order valence-electron chi connectivity index (χ1n) is 4.05. The van der Waals surface area contributed by atoms with E-state index in [0.29, 0.717) is 5.56 Å². The monoisotopic (exact) mass is 167 g/mol. The molecule has 2 N–H and O–H groups in total. The molecular weight excluding hydrogens is 154 g/mol. The Bertz CT molecular complexity index is 290. The van der Waals surface area contributed by atoms with Crippen molar-refractivity contribution in [3.63, 3.8) is 0 Å². The molecule has 0 unspecified atom stereocenters. The van der Waals surface area contributed by atoms with Crippen molar-refractivity contribution >= 4 is 5.91 Å². The van der Waals surface area contributed by atoms with Crippen molar-refractivity contribution in [3.8, 4) is 0 Å². The van der Waals surface area contributed by atoms with Crippen LogP contribution in [0.5, 0.6) is 0 Å². The first-order valence-corrected chi connectivity index (χ1v) is 4.05. The number of hydrogen-bond acceptors (Lipinski definition) is 2. The summed E-state index contributed by atoms with van der Waals surface area (Å²) in [5.41, 5.74) is 6.49. The second kappa shape index (κ2) is 3.38. The average molecular weight is 167 g/mol. The number of primary amides is 1. The Morgan fingerprint density at radius 1 is 1.67 bits per heavy atom. The van der Waals surface area contributed by atoms with Crippen molar-refractivity contribution in [1.82, 2.24) is 9.78 Å². The van der Waals surface area contributed by atoms with E-state index in [1.165, 1.54) is 0 Å². The van der Waals surface area contributed by atoms with E-state index < -0.39 is 5.91 Å². The molecule has 1 amide bonds. The minimum absolute atomic E-state index is 0.397. The predicted octanol–water partition coefficient (Wildman–Crippen LogP) is 0.564. The highest BCUT2D eigenvalue weighted by Crippen LogP contribution is 2.06. The van der Waals surface area contributed by atoms with Crippen LogP contribution in [0.4, 0.5) is 0 Å². The number of carbonyl (C=O) groups excluding carboxylic acids is 1. The van der Waals surface area contributed by atoms with Crippen LogP contribution in [0, 0.1) is 0 Å². The summed E-state index contributed by atoms with van der Waals surface area (Å²) in [4.78, 5) is 10.9. The quantitative estimate of drug-likeness (QED) is 0.715. The van der Waals surface area contributed by atoms with Crippen molar-refractivity contribution in [1.29, 1.82) is 0 Å². The molecule has 1 heterocycles. The number of rotatable bonds is 3. The van der Waals surface area contributed by atoms with Gasteiger partial charge in [0.1, 0.15) is 0 Å². The van der Waals surface area contributed by atoms with Crippen LogP contribution < -0.4 is 5.73 Å². The number of nitrogens with two attached hydrogens (primary N) is 1. The molecule has 0 aliphatic carbocycles. The van der Waals surface area contributed by atoms with E-state index in [2.05, 4.69) is 5.10 Å². The van der Waals surface area contributed by atoms with E-state index in [9.17, 15) is 4.79 Å². The lowest BCUT2D eigenvalue weighted by Gasteiger charge is -1.90. The summed E-state index contributed by atoms with van der Waals surface area (Å²) in [5.74, 6) is -0.397. The van der Waals surface area contributed by atoms with Crippen LogP contribution in [0.25, 0.3) is 0 Å². The maximum atomic E-state index is 10.9. The summed E-state index contributed by atoms with van der Waals surface area (Å²) >= 11 is 0. The molecule has 0 saturated heterocycles. The maximum absolute atomic E-state index is 10.9. The summed E-state index contributed by atoms with van der Waals surface area (Å²) in [7, 11) is 0. The van der Waals surface area contributed by atoms with Gasteiger partial charge in [0, 0.05) is 12.7 Å². The van der Waals surface area contributed by atoms with Gasteiger partial charge in [-0.2, -0.15) is 5.10 Å².